The van der Waals surface area contributed by atoms with Gasteiger partial charge < -0.3 is 4.74 Å². The molecule has 20 heavy (non-hydrogen) atoms. The molecule has 2 rings (SSSR count). The molecule has 0 aliphatic heterocycles. The quantitative estimate of drug-likeness (QED) is 0.662. The van der Waals surface area contributed by atoms with Gasteiger partial charge in [0, 0.05) is 0 Å². The van der Waals surface area contributed by atoms with Crippen LogP contribution in [0.3, 0.4) is 0 Å². The second kappa shape index (κ2) is 12.0. The first kappa shape index (κ1) is 17.3. The van der Waals surface area contributed by atoms with E-state index in [4.69, 9.17) is 4.74 Å². The van der Waals surface area contributed by atoms with Crippen molar-refractivity contribution in [3.63, 3.8) is 0 Å². The largest absolute Gasteiger partial charge is 0.372 e. The molecule has 0 heterocycles. The van der Waals surface area contributed by atoms with Crippen molar-refractivity contribution in [2.24, 2.45) is 0 Å². The van der Waals surface area contributed by atoms with Crippen LogP contribution in [0, 0.1) is 0 Å². The number of hydrogen-bond acceptors (Lipinski definition) is 1. The molecule has 0 fully saturated rings. The Morgan fingerprint density at radius 1 is 0.800 bits per heavy atom. The Hall–Kier alpha value is -0.801. The maximum atomic E-state index is 5.61. The molecule has 2 aromatic carbocycles. The number of benzene rings is 2. The molecule has 2 aromatic rings. The Morgan fingerprint density at radius 2 is 1.25 bits per heavy atom. The SMILES string of the molecule is CCC[CH2][Sn].c1ccc(COCc2ccccc2)cc1. The molecule has 0 aromatic heterocycles. The summed E-state index contributed by atoms with van der Waals surface area (Å²) >= 11 is 1.68. The fourth-order valence-corrected chi connectivity index (χ4v) is 2.62. The van der Waals surface area contributed by atoms with Crippen molar-refractivity contribution in [1.29, 1.82) is 0 Å². The van der Waals surface area contributed by atoms with E-state index in [0.29, 0.717) is 13.2 Å². The molecular formula is C18H23OSn. The Labute approximate surface area is 136 Å². The third kappa shape index (κ3) is 8.39. The predicted octanol–water partition coefficient (Wildman–Crippen LogP) is 4.78. The average molecular weight is 374 g/mol. The smallest absolute Gasteiger partial charge is 0.0721 e. The molecule has 105 valence electrons. The van der Waals surface area contributed by atoms with Gasteiger partial charge in [0.05, 0.1) is 13.2 Å². The maximum Gasteiger partial charge on any atom is 0.0721 e. The van der Waals surface area contributed by atoms with Crippen molar-refractivity contribution >= 4 is 22.5 Å². The van der Waals surface area contributed by atoms with Crippen LogP contribution in [-0.4, -0.2) is 22.5 Å². The Bertz CT molecular complexity index is 386. The van der Waals surface area contributed by atoms with Gasteiger partial charge in [-0.15, -0.1) is 0 Å². The maximum absolute atomic E-state index is 5.61. The van der Waals surface area contributed by atoms with Gasteiger partial charge in [-0.05, 0) is 11.1 Å². The first-order valence-electron chi connectivity index (χ1n) is 7.17. The molecule has 3 radical (unpaired) electrons. The van der Waals surface area contributed by atoms with E-state index in [1.165, 1.54) is 28.4 Å². The summed E-state index contributed by atoms with van der Waals surface area (Å²) in [4.78, 5) is 0. The Kier molecular flexibility index (Phi) is 10.3. The monoisotopic (exact) mass is 375 g/mol. The molecule has 0 aliphatic rings. The van der Waals surface area contributed by atoms with Gasteiger partial charge >= 0.3 is 46.7 Å². The fourth-order valence-electron chi connectivity index (χ4n) is 1.61. The summed E-state index contributed by atoms with van der Waals surface area (Å²) in [6.45, 7) is 3.58. The summed E-state index contributed by atoms with van der Waals surface area (Å²) in [6, 6.07) is 20.4. The molecule has 0 saturated carbocycles. The molecule has 0 spiro atoms. The van der Waals surface area contributed by atoms with Gasteiger partial charge in [-0.2, -0.15) is 0 Å². The minimum absolute atomic E-state index is 0.676. The van der Waals surface area contributed by atoms with Gasteiger partial charge in [0.1, 0.15) is 0 Å². The molecule has 1 nitrogen and oxygen atoms in total. The second-order valence-electron chi connectivity index (χ2n) is 4.57. The zero-order valence-corrected chi connectivity index (χ0v) is 15.1. The topological polar surface area (TPSA) is 9.23 Å². The van der Waals surface area contributed by atoms with Crippen molar-refractivity contribution in [3.05, 3.63) is 71.8 Å². The van der Waals surface area contributed by atoms with Crippen LogP contribution in [0.4, 0.5) is 0 Å². The molecule has 0 amide bonds. The van der Waals surface area contributed by atoms with Crippen molar-refractivity contribution in [1.82, 2.24) is 0 Å². The number of unbranched alkanes of at least 4 members (excludes halogenated alkanes) is 1. The summed E-state index contributed by atoms with van der Waals surface area (Å²) in [5.41, 5.74) is 2.43. The van der Waals surface area contributed by atoms with Crippen LogP contribution in [-0.2, 0) is 18.0 Å². The number of rotatable bonds is 6. The van der Waals surface area contributed by atoms with Crippen LogP contribution in [0.5, 0.6) is 0 Å². The Balaban J connectivity index is 0.000000347. The minimum Gasteiger partial charge on any atom is -0.372 e. The van der Waals surface area contributed by atoms with E-state index in [2.05, 4.69) is 31.2 Å². The van der Waals surface area contributed by atoms with Crippen molar-refractivity contribution in [2.45, 2.75) is 37.4 Å². The van der Waals surface area contributed by atoms with E-state index in [1.54, 1.807) is 22.5 Å². The number of hydrogen-bond donors (Lipinski definition) is 0. The summed E-state index contributed by atoms with van der Waals surface area (Å²) in [6.07, 6.45) is 2.80. The minimum atomic E-state index is 0.676. The molecule has 0 bridgehead atoms. The van der Waals surface area contributed by atoms with Crippen LogP contribution in [0.2, 0.25) is 4.44 Å². The third-order valence-corrected chi connectivity index (χ3v) is 3.76. The van der Waals surface area contributed by atoms with E-state index in [-0.39, 0.29) is 0 Å². The van der Waals surface area contributed by atoms with Crippen LogP contribution in [0.15, 0.2) is 60.7 Å². The van der Waals surface area contributed by atoms with E-state index in [1.807, 2.05) is 36.4 Å². The second-order valence-corrected chi connectivity index (χ2v) is 5.99. The molecule has 0 atom stereocenters. The first-order chi connectivity index (χ1) is 9.86. The first-order valence-corrected chi connectivity index (χ1v) is 9.18. The van der Waals surface area contributed by atoms with Crippen molar-refractivity contribution in [3.8, 4) is 0 Å². The van der Waals surface area contributed by atoms with Crippen molar-refractivity contribution < 1.29 is 4.74 Å². The van der Waals surface area contributed by atoms with Crippen LogP contribution >= 0.6 is 0 Å². The van der Waals surface area contributed by atoms with Gasteiger partial charge in [-0.1, -0.05) is 60.7 Å². The molecule has 0 N–H and O–H groups in total. The standard InChI is InChI=1S/C14H14O.C4H9.Sn/c1-3-7-13(8-4-1)11-15-12-14-9-5-2-6-10-14;1-3-4-2;/h1-10H,11-12H2;1,3-4H2,2H3;. The normalized spacial score (nSPS) is 9.70. The van der Waals surface area contributed by atoms with E-state index < -0.39 is 0 Å². The van der Waals surface area contributed by atoms with Crippen molar-refractivity contribution in [2.75, 3.05) is 0 Å². The number of ether oxygens (including phenoxy) is 1. The molecule has 2 heteroatoms. The van der Waals surface area contributed by atoms with E-state index in [9.17, 15) is 0 Å². The van der Waals surface area contributed by atoms with Gasteiger partial charge in [-0.3, -0.25) is 0 Å². The van der Waals surface area contributed by atoms with E-state index >= 15 is 0 Å². The third-order valence-electron chi connectivity index (χ3n) is 2.75. The van der Waals surface area contributed by atoms with Crippen LogP contribution < -0.4 is 0 Å². The zero-order valence-electron chi connectivity index (χ0n) is 12.2. The van der Waals surface area contributed by atoms with Crippen LogP contribution in [0.25, 0.3) is 0 Å². The Morgan fingerprint density at radius 3 is 1.55 bits per heavy atom. The average Bonchev–Trinajstić information content (AvgIpc) is 2.51. The molecule has 0 saturated heterocycles. The molecule has 0 aliphatic carbocycles. The zero-order chi connectivity index (χ0) is 14.5. The fraction of sp³-hybridized carbons (Fsp3) is 0.333. The summed E-state index contributed by atoms with van der Waals surface area (Å²) in [7, 11) is 0. The van der Waals surface area contributed by atoms with Gasteiger partial charge in [0.2, 0.25) is 0 Å². The molecular weight excluding hydrogens is 351 g/mol. The summed E-state index contributed by atoms with van der Waals surface area (Å²) < 4.78 is 7.04. The van der Waals surface area contributed by atoms with Gasteiger partial charge in [0.15, 0.2) is 0 Å². The van der Waals surface area contributed by atoms with Gasteiger partial charge in [0.25, 0.3) is 0 Å². The van der Waals surface area contributed by atoms with Gasteiger partial charge in [-0.25, -0.2) is 0 Å². The summed E-state index contributed by atoms with van der Waals surface area (Å²) in [5, 5.41) is 0. The van der Waals surface area contributed by atoms with Crippen LogP contribution in [0.1, 0.15) is 30.9 Å². The summed E-state index contributed by atoms with van der Waals surface area (Å²) in [5.74, 6) is 0. The predicted molar refractivity (Wildman–Crippen MR) is 86.8 cm³/mol. The molecule has 0 unspecified atom stereocenters. The van der Waals surface area contributed by atoms with E-state index in [0.717, 1.165) is 0 Å².